The molecule has 35 heavy (non-hydrogen) atoms. The lowest BCUT2D eigenvalue weighted by Gasteiger charge is -2.09. The molecule has 0 spiro atoms. The van der Waals surface area contributed by atoms with Gasteiger partial charge in [0, 0.05) is 22.5 Å². The molecule has 0 amide bonds. The Balaban J connectivity index is 1.53. The van der Waals surface area contributed by atoms with Crippen LogP contribution in [0.15, 0.2) is 72.9 Å². The molecule has 2 aromatic heterocycles. The van der Waals surface area contributed by atoms with Crippen molar-refractivity contribution in [3.8, 4) is 16.9 Å². The normalized spacial score (nSPS) is 11.2. The van der Waals surface area contributed by atoms with Gasteiger partial charge in [0.15, 0.2) is 0 Å². The molecule has 5 rings (SSSR count). The number of ether oxygens (including phenoxy) is 1. The van der Waals surface area contributed by atoms with Crippen LogP contribution in [-0.4, -0.2) is 32.5 Å². The molecule has 8 heteroatoms. The van der Waals surface area contributed by atoms with E-state index in [9.17, 15) is 14.3 Å². The summed E-state index contributed by atoms with van der Waals surface area (Å²) in [4.78, 5) is 15.4. The van der Waals surface area contributed by atoms with Crippen LogP contribution in [0.4, 0.5) is 10.2 Å². The van der Waals surface area contributed by atoms with Gasteiger partial charge in [-0.15, -0.1) is 0 Å². The van der Waals surface area contributed by atoms with Gasteiger partial charge in [0.2, 0.25) is 0 Å². The summed E-state index contributed by atoms with van der Waals surface area (Å²) in [5, 5.41) is 16.5. The molecule has 176 valence electrons. The number of aliphatic carboxylic acids is 1. The van der Waals surface area contributed by atoms with Gasteiger partial charge in [-0.2, -0.15) is 5.10 Å². The molecule has 3 N–H and O–H groups in total. The predicted molar refractivity (Wildman–Crippen MR) is 133 cm³/mol. The summed E-state index contributed by atoms with van der Waals surface area (Å²) in [6.07, 6.45) is 1.54. The van der Waals surface area contributed by atoms with Gasteiger partial charge in [-0.05, 0) is 46.8 Å². The largest absolute Gasteiger partial charge is 0.487 e. The fraction of sp³-hybridized carbons (Fsp3) is 0.148. The summed E-state index contributed by atoms with van der Waals surface area (Å²) >= 11 is 0. The van der Waals surface area contributed by atoms with Crippen molar-refractivity contribution in [3.63, 3.8) is 0 Å². The first-order valence-electron chi connectivity index (χ1n) is 11.2. The zero-order chi connectivity index (χ0) is 24.4. The third-order valence-corrected chi connectivity index (χ3v) is 5.93. The molecule has 3 aromatic carbocycles. The van der Waals surface area contributed by atoms with E-state index >= 15 is 0 Å². The molecule has 0 unspecified atom stereocenters. The van der Waals surface area contributed by atoms with E-state index in [0.717, 1.165) is 32.8 Å². The number of carbonyl (C=O) groups is 1. The number of benzene rings is 3. The van der Waals surface area contributed by atoms with Crippen LogP contribution in [0.3, 0.4) is 0 Å². The number of aromatic nitrogens is 3. The van der Waals surface area contributed by atoms with E-state index in [4.69, 9.17) is 10.5 Å². The second-order valence-electron chi connectivity index (χ2n) is 8.19. The molecular weight excluding hydrogens is 447 g/mol. The molecule has 0 saturated heterocycles. The molecule has 0 fully saturated rings. The minimum atomic E-state index is -0.936. The second kappa shape index (κ2) is 9.42. The third-order valence-electron chi connectivity index (χ3n) is 5.93. The van der Waals surface area contributed by atoms with Crippen molar-refractivity contribution < 1.29 is 19.0 Å². The van der Waals surface area contributed by atoms with Crippen molar-refractivity contribution in [3.05, 3.63) is 84.2 Å². The van der Waals surface area contributed by atoms with Crippen LogP contribution in [0, 0.1) is 0 Å². The monoisotopic (exact) mass is 470 g/mol. The van der Waals surface area contributed by atoms with Crippen LogP contribution in [-0.2, 0) is 24.4 Å². The minimum Gasteiger partial charge on any atom is -0.487 e. The smallest absolute Gasteiger partial charge is 0.307 e. The Kier molecular flexibility index (Phi) is 6.01. The van der Waals surface area contributed by atoms with Gasteiger partial charge >= 0.3 is 5.97 Å². The quantitative estimate of drug-likeness (QED) is 0.330. The molecule has 0 aliphatic carbocycles. The average molecular weight is 471 g/mol. The molecule has 0 atom stereocenters. The summed E-state index contributed by atoms with van der Waals surface area (Å²) in [6.45, 7) is -0.300. The van der Waals surface area contributed by atoms with Gasteiger partial charge in [0.1, 0.15) is 30.5 Å². The van der Waals surface area contributed by atoms with E-state index in [1.807, 2.05) is 42.5 Å². The average Bonchev–Trinajstić information content (AvgIpc) is 3.20. The lowest BCUT2D eigenvalue weighted by Crippen LogP contribution is -2.05. The number of aryl methyl sites for hydroxylation is 1. The van der Waals surface area contributed by atoms with Crippen LogP contribution in [0.1, 0.15) is 11.3 Å². The van der Waals surface area contributed by atoms with E-state index < -0.39 is 12.6 Å². The van der Waals surface area contributed by atoms with Gasteiger partial charge in [0.25, 0.3) is 0 Å². The number of nitrogen functional groups attached to an aromatic ring is 1. The van der Waals surface area contributed by atoms with Crippen LogP contribution in [0.5, 0.6) is 5.75 Å². The molecule has 5 aromatic rings. The Labute approximate surface area is 200 Å². The second-order valence-corrected chi connectivity index (χ2v) is 8.19. The Morgan fingerprint density at radius 1 is 1.03 bits per heavy atom. The summed E-state index contributed by atoms with van der Waals surface area (Å²) in [5.41, 5.74) is 10.0. The van der Waals surface area contributed by atoms with Crippen LogP contribution < -0.4 is 10.5 Å². The third kappa shape index (κ3) is 4.50. The standard InChI is InChI=1S/C27H23FN4O3/c28-10-12-32-24-8-7-19(18-6-5-17-9-11-30-27(29)21(17)13-18)14-22(24)23(31-32)16-35-25-4-2-1-3-20(25)15-26(33)34/h1-9,11,13-14H,10,12,15-16H2,(H2,29,30)(H,33,34). The molecule has 0 radical (unpaired) electrons. The summed E-state index contributed by atoms with van der Waals surface area (Å²) in [5.74, 6) is 0.0154. The van der Waals surface area contributed by atoms with Gasteiger partial charge in [-0.1, -0.05) is 36.4 Å². The lowest BCUT2D eigenvalue weighted by molar-refractivity contribution is -0.136. The topological polar surface area (TPSA) is 103 Å². The van der Waals surface area contributed by atoms with E-state index in [2.05, 4.69) is 10.1 Å². The van der Waals surface area contributed by atoms with Crippen LogP contribution >= 0.6 is 0 Å². The number of nitrogens with two attached hydrogens (primary N) is 1. The van der Waals surface area contributed by atoms with Crippen molar-refractivity contribution in [1.82, 2.24) is 14.8 Å². The Hall–Kier alpha value is -4.46. The number of hydrogen-bond acceptors (Lipinski definition) is 5. The Morgan fingerprint density at radius 2 is 1.80 bits per heavy atom. The van der Waals surface area contributed by atoms with Crippen molar-refractivity contribution in [1.29, 1.82) is 0 Å². The summed E-state index contributed by atoms with van der Waals surface area (Å²) in [7, 11) is 0. The number of nitrogens with zero attached hydrogens (tertiary/aromatic N) is 3. The Morgan fingerprint density at radius 3 is 2.60 bits per heavy atom. The molecule has 0 saturated carbocycles. The van der Waals surface area contributed by atoms with E-state index in [1.54, 1.807) is 35.1 Å². The van der Waals surface area contributed by atoms with Crippen molar-refractivity contribution in [2.75, 3.05) is 12.4 Å². The van der Waals surface area contributed by atoms with E-state index in [-0.39, 0.29) is 19.6 Å². The number of hydrogen-bond donors (Lipinski definition) is 2. The van der Waals surface area contributed by atoms with Gasteiger partial charge in [-0.25, -0.2) is 9.37 Å². The molecule has 0 aliphatic rings. The number of carboxylic acids is 1. The fourth-order valence-electron chi connectivity index (χ4n) is 4.25. The van der Waals surface area contributed by atoms with Gasteiger partial charge in [-0.3, -0.25) is 9.48 Å². The number of alkyl halides is 1. The number of para-hydroxylation sites is 1. The van der Waals surface area contributed by atoms with Gasteiger partial charge < -0.3 is 15.6 Å². The van der Waals surface area contributed by atoms with Crippen molar-refractivity contribution in [2.45, 2.75) is 19.6 Å². The molecule has 2 heterocycles. The highest BCUT2D eigenvalue weighted by Crippen LogP contribution is 2.31. The first-order chi connectivity index (χ1) is 17.0. The molecular formula is C27H23FN4O3. The highest BCUT2D eigenvalue weighted by atomic mass is 19.1. The maximum Gasteiger partial charge on any atom is 0.307 e. The number of carboxylic acid groups (broad SMARTS) is 1. The number of anilines is 1. The summed E-state index contributed by atoms with van der Waals surface area (Å²) < 4.78 is 20.8. The fourth-order valence-corrected chi connectivity index (χ4v) is 4.25. The first-order valence-corrected chi connectivity index (χ1v) is 11.2. The molecule has 0 aliphatic heterocycles. The molecule has 0 bridgehead atoms. The zero-order valence-corrected chi connectivity index (χ0v) is 18.8. The Bertz CT molecular complexity index is 1550. The lowest BCUT2D eigenvalue weighted by atomic mass is 10.00. The van der Waals surface area contributed by atoms with E-state index in [0.29, 0.717) is 22.8 Å². The van der Waals surface area contributed by atoms with Gasteiger partial charge in [0.05, 0.1) is 18.5 Å². The zero-order valence-electron chi connectivity index (χ0n) is 18.8. The number of pyridine rings is 1. The highest BCUT2D eigenvalue weighted by Gasteiger charge is 2.15. The van der Waals surface area contributed by atoms with Crippen molar-refractivity contribution in [2.24, 2.45) is 0 Å². The summed E-state index contributed by atoms with van der Waals surface area (Å²) in [6, 6.07) is 20.9. The SMILES string of the molecule is Nc1nccc2ccc(-c3ccc4c(c3)c(COc3ccccc3CC(=O)O)nn4CCF)cc12. The number of halogens is 1. The van der Waals surface area contributed by atoms with Crippen molar-refractivity contribution >= 4 is 33.5 Å². The van der Waals surface area contributed by atoms with E-state index in [1.165, 1.54) is 0 Å². The molecule has 7 nitrogen and oxygen atoms in total. The number of rotatable bonds is 8. The van der Waals surface area contributed by atoms with Crippen LogP contribution in [0.25, 0.3) is 32.8 Å². The maximum atomic E-state index is 13.2. The van der Waals surface area contributed by atoms with Crippen LogP contribution in [0.2, 0.25) is 0 Å². The first kappa shape index (κ1) is 22.3. The predicted octanol–water partition coefficient (Wildman–Crippen LogP) is 5.01. The highest BCUT2D eigenvalue weighted by molar-refractivity contribution is 5.95. The number of fused-ring (bicyclic) bond motifs is 2. The minimum absolute atomic E-state index is 0.116. The maximum absolute atomic E-state index is 13.2.